The Labute approximate surface area is 148 Å². The van der Waals surface area contributed by atoms with E-state index in [1.54, 1.807) is 14.0 Å². The third-order valence-corrected chi connectivity index (χ3v) is 4.85. The average Bonchev–Trinajstić information content (AvgIpc) is 3.21. The Balaban J connectivity index is 1.76. The number of aryl methyl sites for hydroxylation is 1. The number of hydrogen-bond donors (Lipinski definition) is 1. The number of nitrogens with zero attached hydrogens (tertiary/aromatic N) is 3. The molecule has 1 amide bonds. The summed E-state index contributed by atoms with van der Waals surface area (Å²) < 4.78 is 7.41. The Hall–Kier alpha value is -2.34. The van der Waals surface area contributed by atoms with Crippen LogP contribution in [-0.4, -0.2) is 46.6 Å². The molecule has 0 spiro atoms. The number of benzene rings is 1. The van der Waals surface area contributed by atoms with Gasteiger partial charge in [-0.2, -0.15) is 0 Å². The largest absolute Gasteiger partial charge is 0.497 e. The Morgan fingerprint density at radius 1 is 1.32 bits per heavy atom. The molecule has 6 heteroatoms. The molecule has 0 aliphatic carbocycles. The maximum atomic E-state index is 11.6. The van der Waals surface area contributed by atoms with Gasteiger partial charge >= 0.3 is 0 Å². The molecule has 134 valence electrons. The van der Waals surface area contributed by atoms with Crippen molar-refractivity contribution in [2.45, 2.75) is 38.9 Å². The predicted octanol–water partition coefficient (Wildman–Crippen LogP) is 2.02. The lowest BCUT2D eigenvalue weighted by atomic mass is 9.94. The molecule has 25 heavy (non-hydrogen) atoms. The Morgan fingerprint density at radius 3 is 2.72 bits per heavy atom. The molecule has 2 atom stereocenters. The molecule has 2 aromatic rings. The summed E-state index contributed by atoms with van der Waals surface area (Å²) in [5.41, 5.74) is 2.44. The summed E-state index contributed by atoms with van der Waals surface area (Å²) in [7, 11) is 1.67. The number of carbonyl (C=O) groups is 1. The van der Waals surface area contributed by atoms with Gasteiger partial charge in [0.1, 0.15) is 5.75 Å². The zero-order valence-corrected chi connectivity index (χ0v) is 15.1. The molecule has 6 nitrogen and oxygen atoms in total. The lowest BCUT2D eigenvalue weighted by Gasteiger charge is -2.19. The van der Waals surface area contributed by atoms with Crippen molar-refractivity contribution < 1.29 is 9.53 Å². The molecule has 1 aromatic heterocycles. The highest BCUT2D eigenvalue weighted by Gasteiger charge is 2.34. The molecule has 1 aliphatic heterocycles. The number of hydrogen-bond acceptors (Lipinski definition) is 4. The van der Waals surface area contributed by atoms with Crippen molar-refractivity contribution in [3.8, 4) is 5.75 Å². The van der Waals surface area contributed by atoms with Gasteiger partial charge in [0.2, 0.25) is 5.91 Å². The van der Waals surface area contributed by atoms with Gasteiger partial charge in [-0.25, -0.2) is 4.98 Å². The smallest absolute Gasteiger partial charge is 0.217 e. The molecule has 0 radical (unpaired) electrons. The van der Waals surface area contributed by atoms with E-state index in [0.29, 0.717) is 0 Å². The second kappa shape index (κ2) is 7.70. The minimum Gasteiger partial charge on any atom is -0.497 e. The van der Waals surface area contributed by atoms with Gasteiger partial charge < -0.3 is 14.6 Å². The molecule has 2 heterocycles. The van der Waals surface area contributed by atoms with Crippen molar-refractivity contribution >= 4 is 5.91 Å². The number of aromatic nitrogens is 2. The molecule has 1 saturated heterocycles. The van der Waals surface area contributed by atoms with E-state index in [-0.39, 0.29) is 17.9 Å². The van der Waals surface area contributed by atoms with E-state index in [1.807, 2.05) is 24.7 Å². The number of methoxy groups -OCH3 is 1. The number of amides is 1. The van der Waals surface area contributed by atoms with Gasteiger partial charge in [-0.1, -0.05) is 12.1 Å². The second-order valence-electron chi connectivity index (χ2n) is 6.55. The van der Waals surface area contributed by atoms with Crippen LogP contribution in [0.5, 0.6) is 5.75 Å². The molecule has 1 aromatic carbocycles. The maximum Gasteiger partial charge on any atom is 0.217 e. The molecular weight excluding hydrogens is 316 g/mol. The number of likely N-dealkylation sites (tertiary alicyclic amines) is 1. The number of rotatable bonds is 6. The van der Waals surface area contributed by atoms with E-state index < -0.39 is 0 Å². The normalized spacial score (nSPS) is 20.6. The van der Waals surface area contributed by atoms with Gasteiger partial charge in [0.25, 0.3) is 0 Å². The van der Waals surface area contributed by atoms with Crippen LogP contribution in [0, 0.1) is 0 Å². The quantitative estimate of drug-likeness (QED) is 0.872. The average molecular weight is 342 g/mol. The Kier molecular flexibility index (Phi) is 5.38. The summed E-state index contributed by atoms with van der Waals surface area (Å²) in [6.45, 7) is 7.21. The van der Waals surface area contributed by atoms with Crippen LogP contribution in [0.2, 0.25) is 0 Å². The van der Waals surface area contributed by atoms with Crippen LogP contribution in [0.3, 0.4) is 0 Å². The standard InChI is InChI=1S/C19H26N4O2/c1-4-23-13-20-9-16(23)10-22-11-18(19(12-22)21-14(2)24)15-5-7-17(25-3)8-6-15/h5-9,13,18-19H,4,10-12H2,1-3H3,(H,21,24)/t18-,19+/m0/s1. The van der Waals surface area contributed by atoms with Gasteiger partial charge in [-0.05, 0) is 24.6 Å². The summed E-state index contributed by atoms with van der Waals surface area (Å²) in [5.74, 6) is 1.14. The minimum atomic E-state index is 0.0176. The SMILES string of the molecule is CCn1cncc1CN1C[C@@H](NC(C)=O)[C@H](c2ccc(OC)cc2)C1. The summed E-state index contributed by atoms with van der Waals surface area (Å²) >= 11 is 0. The molecule has 0 bridgehead atoms. The van der Waals surface area contributed by atoms with E-state index in [0.717, 1.165) is 31.9 Å². The zero-order chi connectivity index (χ0) is 17.8. The highest BCUT2D eigenvalue weighted by Crippen LogP contribution is 2.30. The lowest BCUT2D eigenvalue weighted by Crippen LogP contribution is -2.38. The third-order valence-electron chi connectivity index (χ3n) is 4.85. The highest BCUT2D eigenvalue weighted by atomic mass is 16.5. The molecule has 0 unspecified atom stereocenters. The molecule has 3 rings (SSSR count). The van der Waals surface area contributed by atoms with Crippen LogP contribution in [0.25, 0.3) is 0 Å². The first-order valence-electron chi connectivity index (χ1n) is 8.73. The molecule has 0 saturated carbocycles. The second-order valence-corrected chi connectivity index (χ2v) is 6.55. The number of ether oxygens (including phenoxy) is 1. The van der Waals surface area contributed by atoms with Crippen LogP contribution in [0.4, 0.5) is 0 Å². The highest BCUT2D eigenvalue weighted by molar-refractivity contribution is 5.73. The van der Waals surface area contributed by atoms with E-state index in [9.17, 15) is 4.79 Å². The van der Waals surface area contributed by atoms with Crippen LogP contribution in [0.15, 0.2) is 36.8 Å². The van der Waals surface area contributed by atoms with E-state index in [1.165, 1.54) is 11.3 Å². The fourth-order valence-corrected chi connectivity index (χ4v) is 3.60. The van der Waals surface area contributed by atoms with Gasteiger partial charge in [0.05, 0.1) is 19.1 Å². The van der Waals surface area contributed by atoms with Crippen LogP contribution in [-0.2, 0) is 17.9 Å². The van der Waals surface area contributed by atoms with Gasteiger partial charge in [-0.3, -0.25) is 9.69 Å². The number of nitrogens with one attached hydrogen (secondary N) is 1. The lowest BCUT2D eigenvalue weighted by molar-refractivity contribution is -0.119. The van der Waals surface area contributed by atoms with Crippen LogP contribution >= 0.6 is 0 Å². The molecule has 1 fully saturated rings. The molecule has 1 aliphatic rings. The fraction of sp³-hybridized carbons (Fsp3) is 0.474. The van der Waals surface area contributed by atoms with Crippen molar-refractivity contribution in [3.05, 3.63) is 48.0 Å². The van der Waals surface area contributed by atoms with Gasteiger partial charge in [-0.15, -0.1) is 0 Å². The molecular formula is C19H26N4O2. The van der Waals surface area contributed by atoms with Crippen LogP contribution in [0.1, 0.15) is 31.0 Å². The molecule has 1 N–H and O–H groups in total. The van der Waals surface area contributed by atoms with Gasteiger partial charge in [0.15, 0.2) is 0 Å². The monoisotopic (exact) mass is 342 g/mol. The predicted molar refractivity (Wildman–Crippen MR) is 96.5 cm³/mol. The van der Waals surface area contributed by atoms with Crippen molar-refractivity contribution in [2.75, 3.05) is 20.2 Å². The Bertz CT molecular complexity index is 710. The van der Waals surface area contributed by atoms with E-state index >= 15 is 0 Å². The first-order valence-corrected chi connectivity index (χ1v) is 8.73. The van der Waals surface area contributed by atoms with E-state index in [4.69, 9.17) is 4.74 Å². The zero-order valence-electron chi connectivity index (χ0n) is 15.1. The first kappa shape index (κ1) is 17.5. The third kappa shape index (κ3) is 4.02. The number of carbonyl (C=O) groups excluding carboxylic acids is 1. The summed E-state index contributed by atoms with van der Waals surface area (Å²) in [6.07, 6.45) is 3.80. The summed E-state index contributed by atoms with van der Waals surface area (Å²) in [5, 5.41) is 3.12. The van der Waals surface area contributed by atoms with Crippen molar-refractivity contribution in [1.29, 1.82) is 0 Å². The van der Waals surface area contributed by atoms with Crippen molar-refractivity contribution in [2.24, 2.45) is 0 Å². The van der Waals surface area contributed by atoms with Crippen LogP contribution < -0.4 is 10.1 Å². The topological polar surface area (TPSA) is 59.4 Å². The Morgan fingerprint density at radius 2 is 2.08 bits per heavy atom. The summed E-state index contributed by atoms with van der Waals surface area (Å²) in [6, 6.07) is 8.27. The van der Waals surface area contributed by atoms with E-state index in [2.05, 4.69) is 38.8 Å². The van der Waals surface area contributed by atoms with Crippen molar-refractivity contribution in [1.82, 2.24) is 19.8 Å². The first-order chi connectivity index (χ1) is 12.1. The van der Waals surface area contributed by atoms with Gasteiger partial charge in [0, 0.05) is 51.3 Å². The number of imidazole rings is 1. The summed E-state index contributed by atoms with van der Waals surface area (Å²) in [4.78, 5) is 18.3. The fourth-order valence-electron chi connectivity index (χ4n) is 3.60. The minimum absolute atomic E-state index is 0.0176. The van der Waals surface area contributed by atoms with Crippen molar-refractivity contribution in [3.63, 3.8) is 0 Å². The maximum absolute atomic E-state index is 11.6.